The van der Waals surface area contributed by atoms with Crippen LogP contribution in [0.5, 0.6) is 11.5 Å². The van der Waals surface area contributed by atoms with Gasteiger partial charge in [-0.3, -0.25) is 10.1 Å². The number of ether oxygens (including phenoxy) is 2. The molecule has 0 bridgehead atoms. The third-order valence-corrected chi connectivity index (χ3v) is 3.16. The highest BCUT2D eigenvalue weighted by Crippen LogP contribution is 2.36. The van der Waals surface area contributed by atoms with Crippen LogP contribution in [0, 0.1) is 10.1 Å². The third kappa shape index (κ3) is 1.91. The van der Waals surface area contributed by atoms with E-state index in [1.54, 1.807) is 18.2 Å². The van der Waals surface area contributed by atoms with E-state index in [1.165, 1.54) is 6.92 Å². The quantitative estimate of drug-likeness (QED) is 0.626. The van der Waals surface area contributed by atoms with Crippen LogP contribution in [0.3, 0.4) is 0 Å². The molecule has 0 radical (unpaired) electrons. The molecule has 0 aliphatic carbocycles. The molecule has 8 nitrogen and oxygen atoms in total. The third-order valence-electron chi connectivity index (χ3n) is 3.16. The van der Waals surface area contributed by atoms with Crippen LogP contribution in [0.1, 0.15) is 18.5 Å². The Hall–Kier alpha value is -2.77. The van der Waals surface area contributed by atoms with Gasteiger partial charge in [0.1, 0.15) is 6.04 Å². The maximum atomic E-state index is 11.5. The predicted molar refractivity (Wildman–Crippen MR) is 66.7 cm³/mol. The van der Waals surface area contributed by atoms with E-state index in [9.17, 15) is 14.9 Å². The maximum absolute atomic E-state index is 11.5. The van der Waals surface area contributed by atoms with Gasteiger partial charge in [0.25, 0.3) is 5.70 Å². The molecule has 2 aliphatic heterocycles. The van der Waals surface area contributed by atoms with E-state index in [-0.39, 0.29) is 18.2 Å². The van der Waals surface area contributed by atoms with E-state index in [4.69, 9.17) is 9.47 Å². The van der Waals surface area contributed by atoms with E-state index in [1.807, 2.05) is 0 Å². The zero-order valence-corrected chi connectivity index (χ0v) is 10.5. The lowest BCUT2D eigenvalue weighted by atomic mass is 10.0. The highest BCUT2D eigenvalue weighted by Gasteiger charge is 2.35. The number of allylic oxidation sites excluding steroid dienone is 1. The number of carbonyl (C=O) groups is 1. The van der Waals surface area contributed by atoms with Gasteiger partial charge in [-0.15, -0.1) is 0 Å². The predicted octanol–water partition coefficient (Wildman–Crippen LogP) is 1.28. The lowest BCUT2D eigenvalue weighted by Gasteiger charge is -2.23. The summed E-state index contributed by atoms with van der Waals surface area (Å²) >= 11 is 0. The Kier molecular flexibility index (Phi) is 2.70. The van der Waals surface area contributed by atoms with Gasteiger partial charge in [-0.2, -0.15) is 0 Å². The number of rotatable bonds is 2. The number of nitro groups is 1. The standard InChI is InChI=1S/C12H11N3O5/c1-6-11(15(17)18)10(14-12(16)13-6)7-2-3-8-9(4-7)20-5-19-8/h2-4,10H,5H2,1H3,(H2,13,14,16)/t10-/m1/s1. The summed E-state index contributed by atoms with van der Waals surface area (Å²) in [4.78, 5) is 22.2. The minimum absolute atomic E-state index is 0.0940. The first-order valence-electron chi connectivity index (χ1n) is 5.88. The number of carbonyl (C=O) groups excluding carboxylic acids is 1. The average molecular weight is 277 g/mol. The first-order chi connectivity index (χ1) is 9.56. The second kappa shape index (κ2) is 4.41. The zero-order valence-electron chi connectivity index (χ0n) is 10.5. The fourth-order valence-corrected chi connectivity index (χ4v) is 2.26. The number of benzene rings is 1. The molecular weight excluding hydrogens is 266 g/mol. The van der Waals surface area contributed by atoms with E-state index in [2.05, 4.69) is 10.6 Å². The highest BCUT2D eigenvalue weighted by atomic mass is 16.7. The Balaban J connectivity index is 2.05. The van der Waals surface area contributed by atoms with Crippen LogP contribution in [0.4, 0.5) is 4.79 Å². The molecule has 0 unspecified atom stereocenters. The molecule has 8 heteroatoms. The summed E-state index contributed by atoms with van der Waals surface area (Å²) in [5.74, 6) is 1.09. The number of hydrogen-bond donors (Lipinski definition) is 2. The molecule has 0 fully saturated rings. The van der Waals surface area contributed by atoms with Crippen LogP contribution >= 0.6 is 0 Å². The van der Waals surface area contributed by atoms with Gasteiger partial charge in [-0.05, 0) is 24.6 Å². The topological polar surface area (TPSA) is 103 Å². The molecule has 2 heterocycles. The normalized spacial score (nSPS) is 20.4. The summed E-state index contributed by atoms with van der Waals surface area (Å²) in [6, 6.07) is 3.67. The molecule has 0 aromatic heterocycles. The van der Waals surface area contributed by atoms with Gasteiger partial charge < -0.3 is 20.1 Å². The monoisotopic (exact) mass is 277 g/mol. The molecule has 0 saturated heterocycles. The second-order valence-electron chi connectivity index (χ2n) is 4.41. The molecule has 1 aromatic rings. The summed E-state index contributed by atoms with van der Waals surface area (Å²) in [6.07, 6.45) is 0. The molecule has 0 saturated carbocycles. The number of fused-ring (bicyclic) bond motifs is 1. The molecule has 2 N–H and O–H groups in total. The van der Waals surface area contributed by atoms with Crippen molar-refractivity contribution in [1.82, 2.24) is 10.6 Å². The molecule has 2 amide bonds. The summed E-state index contributed by atoms with van der Waals surface area (Å²) in [7, 11) is 0. The fourth-order valence-electron chi connectivity index (χ4n) is 2.26. The minimum Gasteiger partial charge on any atom is -0.454 e. The molecule has 1 aromatic carbocycles. The minimum atomic E-state index is -0.826. The summed E-state index contributed by atoms with van der Waals surface area (Å²) in [6.45, 7) is 1.62. The summed E-state index contributed by atoms with van der Waals surface area (Å²) in [5.41, 5.74) is 0.694. The Bertz CT molecular complexity index is 640. The first-order valence-corrected chi connectivity index (χ1v) is 5.88. The van der Waals surface area contributed by atoms with Crippen molar-refractivity contribution in [2.45, 2.75) is 13.0 Å². The molecule has 0 spiro atoms. The summed E-state index contributed by atoms with van der Waals surface area (Å²) < 4.78 is 10.4. The van der Waals surface area contributed by atoms with Crippen molar-refractivity contribution in [2.24, 2.45) is 0 Å². The molecule has 3 rings (SSSR count). The van der Waals surface area contributed by atoms with Crippen molar-refractivity contribution in [3.63, 3.8) is 0 Å². The van der Waals surface area contributed by atoms with Crippen molar-refractivity contribution in [3.8, 4) is 11.5 Å². The van der Waals surface area contributed by atoms with Crippen LogP contribution in [0.25, 0.3) is 0 Å². The number of nitrogens with zero attached hydrogens (tertiary/aromatic N) is 1. The van der Waals surface area contributed by atoms with Crippen LogP contribution < -0.4 is 20.1 Å². The molecule has 1 atom stereocenters. The smallest absolute Gasteiger partial charge is 0.320 e. The lowest BCUT2D eigenvalue weighted by Crippen LogP contribution is -2.44. The lowest BCUT2D eigenvalue weighted by molar-refractivity contribution is -0.432. The van der Waals surface area contributed by atoms with Crippen molar-refractivity contribution >= 4 is 6.03 Å². The van der Waals surface area contributed by atoms with E-state index < -0.39 is 17.0 Å². The van der Waals surface area contributed by atoms with Gasteiger partial charge in [0.05, 0.1) is 10.6 Å². The van der Waals surface area contributed by atoms with E-state index in [0.29, 0.717) is 17.1 Å². The Morgan fingerprint density at radius 2 is 2.10 bits per heavy atom. The van der Waals surface area contributed by atoms with Gasteiger partial charge in [0.2, 0.25) is 6.79 Å². The zero-order chi connectivity index (χ0) is 14.3. The van der Waals surface area contributed by atoms with Crippen LogP contribution in [0.15, 0.2) is 29.6 Å². The first kappa shape index (κ1) is 12.3. The summed E-state index contributed by atoms with van der Waals surface area (Å²) in [5, 5.41) is 16.1. The van der Waals surface area contributed by atoms with E-state index in [0.717, 1.165) is 0 Å². The highest BCUT2D eigenvalue weighted by molar-refractivity contribution is 5.78. The second-order valence-corrected chi connectivity index (χ2v) is 4.41. The number of hydrogen-bond acceptors (Lipinski definition) is 5. The van der Waals surface area contributed by atoms with Gasteiger partial charge in [-0.25, -0.2) is 4.79 Å². The van der Waals surface area contributed by atoms with Gasteiger partial charge in [0.15, 0.2) is 11.5 Å². The van der Waals surface area contributed by atoms with Crippen molar-refractivity contribution in [3.05, 3.63) is 45.3 Å². The van der Waals surface area contributed by atoms with Crippen molar-refractivity contribution in [2.75, 3.05) is 6.79 Å². The Morgan fingerprint density at radius 3 is 2.85 bits per heavy atom. The van der Waals surface area contributed by atoms with Gasteiger partial charge >= 0.3 is 6.03 Å². The Labute approximate surface area is 113 Å². The van der Waals surface area contributed by atoms with E-state index >= 15 is 0 Å². The molecule has 104 valence electrons. The van der Waals surface area contributed by atoms with Gasteiger partial charge in [0, 0.05) is 0 Å². The molecule has 2 aliphatic rings. The van der Waals surface area contributed by atoms with Crippen LogP contribution in [0.2, 0.25) is 0 Å². The average Bonchev–Trinajstić information content (AvgIpc) is 2.84. The SMILES string of the molecule is CC1=C([N+](=O)[O-])[C@@H](c2ccc3c(c2)OCO3)NC(=O)N1. The maximum Gasteiger partial charge on any atom is 0.320 e. The van der Waals surface area contributed by atoms with Crippen molar-refractivity contribution in [1.29, 1.82) is 0 Å². The molecular formula is C12H11N3O5. The van der Waals surface area contributed by atoms with Crippen LogP contribution in [-0.4, -0.2) is 17.7 Å². The largest absolute Gasteiger partial charge is 0.454 e. The molecule has 20 heavy (non-hydrogen) atoms. The van der Waals surface area contributed by atoms with Crippen molar-refractivity contribution < 1.29 is 19.2 Å². The fraction of sp³-hybridized carbons (Fsp3) is 0.250. The number of nitrogens with one attached hydrogen (secondary N) is 2. The Morgan fingerprint density at radius 1 is 1.35 bits per heavy atom. The number of urea groups is 1. The van der Waals surface area contributed by atoms with Crippen LogP contribution in [-0.2, 0) is 0 Å². The number of amides is 2. The van der Waals surface area contributed by atoms with Gasteiger partial charge in [-0.1, -0.05) is 6.07 Å².